The predicted octanol–water partition coefficient (Wildman–Crippen LogP) is 2.03. The molecule has 1 saturated heterocycles. The molecule has 1 amide bonds. The van der Waals surface area contributed by atoms with Crippen LogP contribution in [0.1, 0.15) is 12.8 Å². The van der Waals surface area contributed by atoms with Crippen molar-refractivity contribution in [2.75, 3.05) is 11.9 Å². The summed E-state index contributed by atoms with van der Waals surface area (Å²) in [4.78, 5) is 11.9. The normalized spacial score (nSPS) is 22.1. The minimum absolute atomic E-state index is 0.122. The molecule has 2 rings (SSSR count). The summed E-state index contributed by atoms with van der Waals surface area (Å²) in [6.45, 7) is 0.354. The SMILES string of the molecule is NC[C@H]1CC[C@@H](C(=O)Nc2ccc(OC(F)(F)F)cc2)O1. The molecular weight excluding hydrogens is 289 g/mol. The number of ether oxygens (including phenoxy) is 2. The Balaban J connectivity index is 1.90. The van der Waals surface area contributed by atoms with Crippen LogP contribution in [0.2, 0.25) is 0 Å². The molecule has 5 nitrogen and oxygen atoms in total. The van der Waals surface area contributed by atoms with E-state index in [4.69, 9.17) is 10.5 Å². The zero-order valence-corrected chi connectivity index (χ0v) is 11.0. The third-order valence-electron chi connectivity index (χ3n) is 3.02. The van der Waals surface area contributed by atoms with Crippen LogP contribution >= 0.6 is 0 Å². The molecule has 1 heterocycles. The molecule has 0 aromatic heterocycles. The van der Waals surface area contributed by atoms with E-state index in [2.05, 4.69) is 10.1 Å². The summed E-state index contributed by atoms with van der Waals surface area (Å²) in [5, 5.41) is 2.58. The van der Waals surface area contributed by atoms with Crippen LogP contribution in [-0.4, -0.2) is 31.0 Å². The molecule has 0 aliphatic carbocycles. The number of alkyl halides is 3. The average molecular weight is 304 g/mol. The molecule has 0 unspecified atom stereocenters. The van der Waals surface area contributed by atoms with Gasteiger partial charge in [-0.05, 0) is 37.1 Å². The molecule has 0 bridgehead atoms. The molecule has 0 spiro atoms. The summed E-state index contributed by atoms with van der Waals surface area (Å²) in [7, 11) is 0. The summed E-state index contributed by atoms with van der Waals surface area (Å²) in [5.74, 6) is -0.684. The fourth-order valence-electron chi connectivity index (χ4n) is 2.03. The first-order chi connectivity index (χ1) is 9.87. The van der Waals surface area contributed by atoms with Gasteiger partial charge < -0.3 is 20.5 Å². The van der Waals surface area contributed by atoms with E-state index in [1.807, 2.05) is 0 Å². The Labute approximate surface area is 119 Å². The van der Waals surface area contributed by atoms with E-state index >= 15 is 0 Å². The monoisotopic (exact) mass is 304 g/mol. The van der Waals surface area contributed by atoms with Gasteiger partial charge in [0.2, 0.25) is 0 Å². The maximum Gasteiger partial charge on any atom is 0.573 e. The van der Waals surface area contributed by atoms with Crippen LogP contribution in [0.25, 0.3) is 0 Å². The van der Waals surface area contributed by atoms with E-state index in [0.717, 1.165) is 12.1 Å². The number of nitrogens with one attached hydrogen (secondary N) is 1. The van der Waals surface area contributed by atoms with Gasteiger partial charge in [-0.15, -0.1) is 13.2 Å². The van der Waals surface area contributed by atoms with Gasteiger partial charge >= 0.3 is 6.36 Å². The van der Waals surface area contributed by atoms with Gasteiger partial charge in [-0.2, -0.15) is 0 Å². The largest absolute Gasteiger partial charge is 0.573 e. The van der Waals surface area contributed by atoms with Gasteiger partial charge in [0.1, 0.15) is 11.9 Å². The average Bonchev–Trinajstić information content (AvgIpc) is 2.88. The lowest BCUT2D eigenvalue weighted by atomic mass is 10.2. The Morgan fingerprint density at radius 2 is 2.00 bits per heavy atom. The van der Waals surface area contributed by atoms with E-state index in [1.54, 1.807) is 0 Å². The molecule has 1 aromatic rings. The first-order valence-electron chi connectivity index (χ1n) is 6.39. The highest BCUT2D eigenvalue weighted by atomic mass is 19.4. The fraction of sp³-hybridized carbons (Fsp3) is 0.462. The van der Waals surface area contributed by atoms with Crippen molar-refractivity contribution in [3.8, 4) is 5.75 Å². The molecule has 0 radical (unpaired) electrons. The first kappa shape index (κ1) is 15.6. The van der Waals surface area contributed by atoms with Crippen LogP contribution in [0.5, 0.6) is 5.75 Å². The highest BCUT2D eigenvalue weighted by molar-refractivity contribution is 5.94. The quantitative estimate of drug-likeness (QED) is 0.892. The van der Waals surface area contributed by atoms with E-state index in [-0.39, 0.29) is 17.8 Å². The summed E-state index contributed by atoms with van der Waals surface area (Å²) in [5.41, 5.74) is 5.82. The molecule has 0 saturated carbocycles. The molecule has 2 atom stereocenters. The van der Waals surface area contributed by atoms with E-state index in [0.29, 0.717) is 25.1 Å². The number of hydrogen-bond acceptors (Lipinski definition) is 4. The van der Waals surface area contributed by atoms with Gasteiger partial charge in [0.05, 0.1) is 6.10 Å². The molecular formula is C13H15F3N2O3. The number of rotatable bonds is 4. The Bertz CT molecular complexity index is 490. The van der Waals surface area contributed by atoms with Crippen molar-refractivity contribution in [2.45, 2.75) is 31.4 Å². The lowest BCUT2D eigenvalue weighted by Crippen LogP contribution is -2.29. The summed E-state index contributed by atoms with van der Waals surface area (Å²) in [6.07, 6.45) is -4.15. The van der Waals surface area contributed by atoms with Crippen molar-refractivity contribution in [2.24, 2.45) is 5.73 Å². The smallest absolute Gasteiger partial charge is 0.406 e. The number of hydrogen-bond donors (Lipinski definition) is 2. The first-order valence-corrected chi connectivity index (χ1v) is 6.39. The number of halogens is 3. The lowest BCUT2D eigenvalue weighted by Gasteiger charge is -2.13. The number of nitrogens with two attached hydrogens (primary N) is 1. The van der Waals surface area contributed by atoms with Crippen LogP contribution in [-0.2, 0) is 9.53 Å². The minimum atomic E-state index is -4.74. The molecule has 1 aromatic carbocycles. The van der Waals surface area contributed by atoms with Gasteiger partial charge in [-0.1, -0.05) is 0 Å². The Morgan fingerprint density at radius 3 is 2.52 bits per heavy atom. The van der Waals surface area contributed by atoms with Crippen molar-refractivity contribution in [1.82, 2.24) is 0 Å². The third-order valence-corrected chi connectivity index (χ3v) is 3.02. The van der Waals surface area contributed by atoms with Crippen LogP contribution in [0, 0.1) is 0 Å². The molecule has 1 fully saturated rings. The topological polar surface area (TPSA) is 73.6 Å². The van der Waals surface area contributed by atoms with Crippen molar-refractivity contribution in [3.63, 3.8) is 0 Å². The number of benzene rings is 1. The van der Waals surface area contributed by atoms with Crippen molar-refractivity contribution < 1.29 is 27.4 Å². The highest BCUT2D eigenvalue weighted by Crippen LogP contribution is 2.25. The van der Waals surface area contributed by atoms with Gasteiger partial charge in [-0.3, -0.25) is 4.79 Å². The zero-order chi connectivity index (χ0) is 15.5. The van der Waals surface area contributed by atoms with Crippen LogP contribution in [0.15, 0.2) is 24.3 Å². The van der Waals surface area contributed by atoms with Crippen LogP contribution in [0.3, 0.4) is 0 Å². The van der Waals surface area contributed by atoms with Crippen molar-refractivity contribution in [1.29, 1.82) is 0 Å². The Hall–Kier alpha value is -1.80. The molecule has 1 aliphatic heterocycles. The second kappa shape index (κ2) is 6.31. The third kappa shape index (κ3) is 4.61. The molecule has 3 N–H and O–H groups in total. The summed E-state index contributed by atoms with van der Waals surface area (Å²) >= 11 is 0. The molecule has 1 aliphatic rings. The second-order valence-electron chi connectivity index (χ2n) is 4.62. The minimum Gasteiger partial charge on any atom is -0.406 e. The zero-order valence-electron chi connectivity index (χ0n) is 11.0. The van der Waals surface area contributed by atoms with Crippen LogP contribution in [0.4, 0.5) is 18.9 Å². The Morgan fingerprint density at radius 1 is 1.33 bits per heavy atom. The number of amides is 1. The van der Waals surface area contributed by atoms with E-state index < -0.39 is 12.5 Å². The van der Waals surface area contributed by atoms with Crippen molar-refractivity contribution >= 4 is 11.6 Å². The predicted molar refractivity (Wildman–Crippen MR) is 68.7 cm³/mol. The van der Waals surface area contributed by atoms with Gasteiger partial charge in [0.25, 0.3) is 5.91 Å². The van der Waals surface area contributed by atoms with Gasteiger partial charge in [0.15, 0.2) is 0 Å². The molecule has 21 heavy (non-hydrogen) atoms. The van der Waals surface area contributed by atoms with Crippen molar-refractivity contribution in [3.05, 3.63) is 24.3 Å². The highest BCUT2D eigenvalue weighted by Gasteiger charge is 2.31. The summed E-state index contributed by atoms with van der Waals surface area (Å²) < 4.78 is 45.2. The number of carbonyl (C=O) groups is 1. The summed E-state index contributed by atoms with van der Waals surface area (Å²) in [6, 6.07) is 4.91. The van der Waals surface area contributed by atoms with Gasteiger partial charge in [0, 0.05) is 12.2 Å². The second-order valence-corrected chi connectivity index (χ2v) is 4.62. The van der Waals surface area contributed by atoms with E-state index in [1.165, 1.54) is 12.1 Å². The Kier molecular flexibility index (Phi) is 4.69. The number of carbonyl (C=O) groups excluding carboxylic acids is 1. The van der Waals surface area contributed by atoms with Gasteiger partial charge in [-0.25, -0.2) is 0 Å². The van der Waals surface area contributed by atoms with E-state index in [9.17, 15) is 18.0 Å². The van der Waals surface area contributed by atoms with Crippen LogP contribution < -0.4 is 15.8 Å². The standard InChI is InChI=1S/C13H15F3N2O3/c14-13(15,16)21-9-3-1-8(2-4-9)18-12(19)11-6-5-10(7-17)20-11/h1-4,10-11H,5-7,17H2,(H,18,19)/t10-,11+/m1/s1. The molecule has 8 heteroatoms. The molecule has 116 valence electrons. The number of anilines is 1. The fourth-order valence-corrected chi connectivity index (χ4v) is 2.03. The maximum absolute atomic E-state index is 12.0. The maximum atomic E-state index is 12.0. The lowest BCUT2D eigenvalue weighted by molar-refractivity contribution is -0.274.